The molecule has 0 radical (unpaired) electrons. The lowest BCUT2D eigenvalue weighted by atomic mass is 10.0. The number of nitrogens with one attached hydrogen (secondary N) is 1. The molecule has 1 heterocycles. The zero-order valence-corrected chi connectivity index (χ0v) is 12.9. The van der Waals surface area contributed by atoms with Gasteiger partial charge in [0.25, 0.3) is 0 Å². The van der Waals surface area contributed by atoms with E-state index in [9.17, 15) is 4.39 Å². The molecule has 0 unspecified atom stereocenters. The molecule has 0 aliphatic heterocycles. The molecule has 0 fully saturated rings. The van der Waals surface area contributed by atoms with Crippen molar-refractivity contribution in [3.8, 4) is 11.3 Å². The van der Waals surface area contributed by atoms with Crippen LogP contribution in [-0.4, -0.2) is 4.98 Å². The fourth-order valence-corrected chi connectivity index (χ4v) is 2.91. The number of pyridine rings is 1. The number of hydrogen-bond donors (Lipinski definition) is 2. The molecule has 0 saturated heterocycles. The smallest absolute Gasteiger partial charge is 0.148 e. The number of fused-ring (bicyclic) bond motifs is 1. The van der Waals surface area contributed by atoms with Crippen LogP contribution in [0.2, 0.25) is 0 Å². The monoisotopic (exact) mass is 345 g/mol. The maximum atomic E-state index is 14.4. The molecule has 0 spiro atoms. The number of rotatable bonds is 2. The summed E-state index contributed by atoms with van der Waals surface area (Å²) in [7, 11) is 0. The van der Waals surface area contributed by atoms with Gasteiger partial charge in [0.2, 0.25) is 0 Å². The molecule has 3 aromatic rings. The highest BCUT2D eigenvalue weighted by molar-refractivity contribution is 9.10. The maximum absolute atomic E-state index is 14.4. The van der Waals surface area contributed by atoms with E-state index in [1.54, 1.807) is 12.1 Å². The summed E-state index contributed by atoms with van der Waals surface area (Å²) in [5.74, 6) is 5.21. The van der Waals surface area contributed by atoms with Crippen LogP contribution in [0.5, 0.6) is 0 Å². The second-order valence-electron chi connectivity index (χ2n) is 4.78. The van der Waals surface area contributed by atoms with Crippen molar-refractivity contribution >= 4 is 32.5 Å². The van der Waals surface area contributed by atoms with Gasteiger partial charge in [0.05, 0.1) is 26.8 Å². The molecule has 0 amide bonds. The summed E-state index contributed by atoms with van der Waals surface area (Å²) in [4.78, 5) is 4.60. The first-order valence-electron chi connectivity index (χ1n) is 6.43. The van der Waals surface area contributed by atoms with Gasteiger partial charge in [-0.3, -0.25) is 5.84 Å². The van der Waals surface area contributed by atoms with E-state index in [1.165, 1.54) is 0 Å². The summed E-state index contributed by atoms with van der Waals surface area (Å²) in [6.07, 6.45) is 0. The maximum Gasteiger partial charge on any atom is 0.148 e. The van der Waals surface area contributed by atoms with Crippen molar-refractivity contribution in [2.24, 2.45) is 5.84 Å². The molecule has 5 heteroatoms. The van der Waals surface area contributed by atoms with Crippen LogP contribution >= 0.6 is 15.9 Å². The van der Waals surface area contributed by atoms with Crippen molar-refractivity contribution in [2.45, 2.75) is 6.92 Å². The molecule has 0 bridgehead atoms. The molecule has 0 saturated carbocycles. The topological polar surface area (TPSA) is 50.9 Å². The minimum atomic E-state index is -0.365. The second kappa shape index (κ2) is 5.42. The first kappa shape index (κ1) is 14.0. The number of hydrogen-bond acceptors (Lipinski definition) is 3. The standard InChI is InChI=1S/C16H13BrFN3/c1-9-7-11(17)15(18)14-13(21-19)8-12(20-16(9)14)10-5-3-2-4-6-10/h2-8H,19H2,1H3,(H,20,21). The summed E-state index contributed by atoms with van der Waals surface area (Å²) in [5.41, 5.74) is 6.28. The Morgan fingerprint density at radius 3 is 2.57 bits per heavy atom. The lowest BCUT2D eigenvalue weighted by molar-refractivity contribution is 0.633. The SMILES string of the molecule is Cc1cc(Br)c(F)c2c(NN)cc(-c3ccccc3)nc12. The lowest BCUT2D eigenvalue weighted by Gasteiger charge is -2.12. The highest BCUT2D eigenvalue weighted by atomic mass is 79.9. The van der Waals surface area contributed by atoms with E-state index in [1.807, 2.05) is 37.3 Å². The fourth-order valence-electron chi connectivity index (χ4n) is 2.36. The zero-order chi connectivity index (χ0) is 15.0. The van der Waals surface area contributed by atoms with Crippen molar-refractivity contribution in [3.05, 3.63) is 58.3 Å². The Bertz CT molecular complexity index is 819. The Morgan fingerprint density at radius 1 is 1.19 bits per heavy atom. The van der Waals surface area contributed by atoms with Crippen molar-refractivity contribution in [2.75, 3.05) is 5.43 Å². The van der Waals surface area contributed by atoms with Gasteiger partial charge in [-0.15, -0.1) is 0 Å². The predicted molar refractivity (Wildman–Crippen MR) is 87.4 cm³/mol. The van der Waals surface area contributed by atoms with Crippen LogP contribution in [-0.2, 0) is 0 Å². The fraction of sp³-hybridized carbons (Fsp3) is 0.0625. The van der Waals surface area contributed by atoms with Crippen molar-refractivity contribution in [1.82, 2.24) is 4.98 Å². The Morgan fingerprint density at radius 2 is 1.90 bits per heavy atom. The van der Waals surface area contributed by atoms with Gasteiger partial charge >= 0.3 is 0 Å². The lowest BCUT2D eigenvalue weighted by Crippen LogP contribution is -2.09. The highest BCUT2D eigenvalue weighted by Gasteiger charge is 2.15. The average molecular weight is 346 g/mol. The third-order valence-electron chi connectivity index (χ3n) is 3.39. The molecule has 3 N–H and O–H groups in total. The minimum Gasteiger partial charge on any atom is -0.323 e. The van der Waals surface area contributed by atoms with E-state index in [-0.39, 0.29) is 5.82 Å². The summed E-state index contributed by atoms with van der Waals surface area (Å²) >= 11 is 3.22. The first-order valence-corrected chi connectivity index (χ1v) is 7.22. The molecule has 3 nitrogen and oxygen atoms in total. The summed E-state index contributed by atoms with van der Waals surface area (Å²) in [6.45, 7) is 1.90. The largest absolute Gasteiger partial charge is 0.323 e. The van der Waals surface area contributed by atoms with Gasteiger partial charge in [-0.2, -0.15) is 0 Å². The molecular weight excluding hydrogens is 333 g/mol. The summed E-state index contributed by atoms with van der Waals surface area (Å²) in [6, 6.07) is 13.2. The number of aromatic nitrogens is 1. The van der Waals surface area contributed by atoms with Gasteiger partial charge in [-0.1, -0.05) is 30.3 Å². The number of aryl methyl sites for hydroxylation is 1. The van der Waals surface area contributed by atoms with Crippen molar-refractivity contribution in [1.29, 1.82) is 0 Å². The Hall–Kier alpha value is -1.98. The van der Waals surface area contributed by atoms with Crippen LogP contribution in [0.15, 0.2) is 46.9 Å². The number of halogens is 2. The van der Waals surface area contributed by atoms with Gasteiger partial charge < -0.3 is 5.43 Å². The van der Waals surface area contributed by atoms with Crippen molar-refractivity contribution in [3.63, 3.8) is 0 Å². The molecule has 0 aliphatic rings. The Labute approximate surface area is 130 Å². The van der Waals surface area contributed by atoms with E-state index >= 15 is 0 Å². The third-order valence-corrected chi connectivity index (χ3v) is 3.97. The third kappa shape index (κ3) is 2.39. The van der Waals surface area contributed by atoms with Crippen LogP contribution in [0.4, 0.5) is 10.1 Å². The molecule has 0 atom stereocenters. The average Bonchev–Trinajstić information content (AvgIpc) is 2.52. The van der Waals surface area contributed by atoms with Crippen LogP contribution in [0, 0.1) is 12.7 Å². The van der Waals surface area contributed by atoms with Crippen LogP contribution in [0.1, 0.15) is 5.56 Å². The number of nitrogens with zero attached hydrogens (tertiary/aromatic N) is 1. The molecule has 3 rings (SSSR count). The van der Waals surface area contributed by atoms with E-state index in [2.05, 4.69) is 26.3 Å². The normalized spacial score (nSPS) is 10.9. The van der Waals surface area contributed by atoms with E-state index in [4.69, 9.17) is 5.84 Å². The predicted octanol–water partition coefficient (Wildman–Crippen LogP) is 4.40. The van der Waals surface area contributed by atoms with Gasteiger partial charge in [-0.05, 0) is 40.5 Å². The Balaban J connectivity index is 2.38. The van der Waals surface area contributed by atoms with Gasteiger partial charge in [0, 0.05) is 5.56 Å². The van der Waals surface area contributed by atoms with Crippen LogP contribution in [0.25, 0.3) is 22.2 Å². The minimum absolute atomic E-state index is 0.365. The van der Waals surface area contributed by atoms with Crippen molar-refractivity contribution < 1.29 is 4.39 Å². The van der Waals surface area contributed by atoms with Crippen LogP contribution < -0.4 is 11.3 Å². The van der Waals surface area contributed by atoms with Gasteiger partial charge in [0.15, 0.2) is 0 Å². The first-order chi connectivity index (χ1) is 10.1. The number of nitrogen functional groups attached to an aromatic ring is 1. The highest BCUT2D eigenvalue weighted by Crippen LogP contribution is 2.34. The Kier molecular flexibility index (Phi) is 3.61. The quantitative estimate of drug-likeness (QED) is 0.534. The molecule has 0 aliphatic carbocycles. The molecule has 2 aromatic carbocycles. The van der Waals surface area contributed by atoms with Gasteiger partial charge in [-0.25, -0.2) is 9.37 Å². The van der Waals surface area contributed by atoms with E-state index in [0.29, 0.717) is 21.1 Å². The number of nitrogens with two attached hydrogens (primary N) is 1. The molecular formula is C16H13BrFN3. The van der Waals surface area contributed by atoms with Gasteiger partial charge in [0.1, 0.15) is 5.82 Å². The number of hydrazine groups is 1. The van der Waals surface area contributed by atoms with Crippen LogP contribution in [0.3, 0.4) is 0 Å². The number of benzene rings is 2. The summed E-state index contributed by atoms with van der Waals surface area (Å²) < 4.78 is 14.8. The molecule has 106 valence electrons. The molecule has 1 aromatic heterocycles. The zero-order valence-electron chi connectivity index (χ0n) is 11.3. The summed E-state index contributed by atoms with van der Waals surface area (Å²) in [5, 5.41) is 0.393. The second-order valence-corrected chi connectivity index (χ2v) is 5.63. The number of anilines is 1. The van der Waals surface area contributed by atoms with E-state index < -0.39 is 0 Å². The van der Waals surface area contributed by atoms with E-state index in [0.717, 1.165) is 16.8 Å². The molecule has 21 heavy (non-hydrogen) atoms.